The quantitative estimate of drug-likeness (QED) is 0.560. The molecule has 0 amide bonds. The first-order chi connectivity index (χ1) is 4.97. The molecule has 0 radical (unpaired) electrons. The van der Waals surface area contributed by atoms with Crippen molar-refractivity contribution in [2.24, 2.45) is 4.99 Å². The van der Waals surface area contributed by atoms with Crippen LogP contribution >= 0.6 is 11.8 Å². The van der Waals surface area contributed by atoms with Gasteiger partial charge in [0.05, 0.1) is 0 Å². The maximum Gasteiger partial charge on any atom is 0.184 e. The van der Waals surface area contributed by atoms with Crippen LogP contribution in [0.15, 0.2) is 22.4 Å². The van der Waals surface area contributed by atoms with E-state index in [2.05, 4.69) is 15.0 Å². The second kappa shape index (κ2) is 2.38. The van der Waals surface area contributed by atoms with E-state index in [1.807, 2.05) is 6.21 Å². The summed E-state index contributed by atoms with van der Waals surface area (Å²) in [7, 11) is 0. The minimum absolute atomic E-state index is 0.749. The molecule has 2 rings (SSSR count). The average molecular weight is 151 g/mol. The fraction of sp³-hybridized carbons (Fsp3) is 0.167. The Morgan fingerprint density at radius 1 is 1.30 bits per heavy atom. The molecule has 50 valence electrons. The van der Waals surface area contributed by atoms with Gasteiger partial charge in [0.1, 0.15) is 5.03 Å². The molecule has 0 saturated carbocycles. The van der Waals surface area contributed by atoms with Crippen molar-refractivity contribution < 1.29 is 0 Å². The molecule has 0 aliphatic carbocycles. The van der Waals surface area contributed by atoms with E-state index < -0.39 is 0 Å². The Morgan fingerprint density at radius 2 is 2.20 bits per heavy atom. The van der Waals surface area contributed by atoms with E-state index >= 15 is 0 Å². The number of hydrogen-bond acceptors (Lipinski definition) is 4. The van der Waals surface area contributed by atoms with Gasteiger partial charge < -0.3 is 0 Å². The van der Waals surface area contributed by atoms with Crippen LogP contribution in [0.1, 0.15) is 0 Å². The van der Waals surface area contributed by atoms with Crippen molar-refractivity contribution in [1.29, 1.82) is 0 Å². The molecule has 1 aliphatic rings. The number of rotatable bonds is 0. The van der Waals surface area contributed by atoms with Crippen molar-refractivity contribution in [3.63, 3.8) is 0 Å². The lowest BCUT2D eigenvalue weighted by Crippen LogP contribution is -1.92. The molecule has 1 aromatic heterocycles. The zero-order valence-corrected chi connectivity index (χ0v) is 6.01. The molecule has 2 heterocycles. The molecule has 0 spiro atoms. The van der Waals surface area contributed by atoms with E-state index in [1.54, 1.807) is 24.2 Å². The molecule has 0 aromatic carbocycles. The Kier molecular flexibility index (Phi) is 1.39. The zero-order chi connectivity index (χ0) is 6.81. The third-order valence-electron chi connectivity index (χ3n) is 1.15. The summed E-state index contributed by atoms with van der Waals surface area (Å²) in [6.07, 6.45) is 5.19. The second-order valence-electron chi connectivity index (χ2n) is 1.81. The SMILES string of the molecule is C1=Nc2nccnc2SC1. The summed E-state index contributed by atoms with van der Waals surface area (Å²) in [5.41, 5.74) is 0. The summed E-state index contributed by atoms with van der Waals surface area (Å²) in [4.78, 5) is 12.2. The average Bonchev–Trinajstić information content (AvgIpc) is 2.05. The highest BCUT2D eigenvalue weighted by molar-refractivity contribution is 8.00. The van der Waals surface area contributed by atoms with Gasteiger partial charge in [0.15, 0.2) is 5.82 Å². The topological polar surface area (TPSA) is 38.1 Å². The van der Waals surface area contributed by atoms with Crippen LogP contribution in [-0.2, 0) is 0 Å². The molecule has 0 atom stereocenters. The highest BCUT2D eigenvalue weighted by atomic mass is 32.2. The summed E-state index contributed by atoms with van der Waals surface area (Å²) >= 11 is 1.67. The van der Waals surface area contributed by atoms with Crippen molar-refractivity contribution in [3.8, 4) is 0 Å². The number of fused-ring (bicyclic) bond motifs is 1. The number of aromatic nitrogens is 2. The summed E-state index contributed by atoms with van der Waals surface area (Å²) in [6.45, 7) is 0. The molecule has 10 heavy (non-hydrogen) atoms. The third kappa shape index (κ3) is 0.903. The van der Waals surface area contributed by atoms with Crippen molar-refractivity contribution in [2.75, 3.05) is 5.75 Å². The van der Waals surface area contributed by atoms with E-state index in [9.17, 15) is 0 Å². The van der Waals surface area contributed by atoms with Crippen LogP contribution in [-0.4, -0.2) is 21.9 Å². The maximum atomic E-state index is 4.11. The number of thioether (sulfide) groups is 1. The Hall–Kier alpha value is -0.900. The van der Waals surface area contributed by atoms with E-state index in [4.69, 9.17) is 0 Å². The number of nitrogens with zero attached hydrogens (tertiary/aromatic N) is 3. The minimum Gasteiger partial charge on any atom is -0.244 e. The first-order valence-electron chi connectivity index (χ1n) is 2.93. The highest BCUT2D eigenvalue weighted by Crippen LogP contribution is 2.26. The van der Waals surface area contributed by atoms with Gasteiger partial charge in [-0.1, -0.05) is 11.8 Å². The van der Waals surface area contributed by atoms with Crippen molar-refractivity contribution in [1.82, 2.24) is 9.97 Å². The summed E-state index contributed by atoms with van der Waals surface area (Å²) < 4.78 is 0. The Balaban J connectivity index is 2.54. The molecule has 4 heteroatoms. The number of aliphatic imine (C=N–C) groups is 1. The van der Waals surface area contributed by atoms with Gasteiger partial charge in [-0.05, 0) is 0 Å². The van der Waals surface area contributed by atoms with Gasteiger partial charge in [0.25, 0.3) is 0 Å². The first-order valence-corrected chi connectivity index (χ1v) is 3.92. The summed E-state index contributed by atoms with van der Waals surface area (Å²) in [5, 5.41) is 0.935. The van der Waals surface area contributed by atoms with Crippen LogP contribution in [0.3, 0.4) is 0 Å². The normalized spacial score (nSPS) is 14.8. The van der Waals surface area contributed by atoms with Crippen molar-refractivity contribution >= 4 is 23.8 Å². The van der Waals surface area contributed by atoms with Gasteiger partial charge in [-0.2, -0.15) is 0 Å². The van der Waals surface area contributed by atoms with Gasteiger partial charge >= 0.3 is 0 Å². The molecule has 1 aliphatic heterocycles. The van der Waals surface area contributed by atoms with Gasteiger partial charge in [-0.25, -0.2) is 15.0 Å². The van der Waals surface area contributed by atoms with Crippen LogP contribution < -0.4 is 0 Å². The first kappa shape index (κ1) is 5.85. The largest absolute Gasteiger partial charge is 0.244 e. The van der Waals surface area contributed by atoms with Crippen LogP contribution in [0.25, 0.3) is 0 Å². The zero-order valence-electron chi connectivity index (χ0n) is 5.19. The lowest BCUT2D eigenvalue weighted by Gasteiger charge is -2.03. The summed E-state index contributed by atoms with van der Waals surface area (Å²) in [5.74, 6) is 1.66. The molecule has 0 unspecified atom stereocenters. The molecule has 0 saturated heterocycles. The predicted octanol–water partition coefficient (Wildman–Crippen LogP) is 1.28. The molecule has 0 bridgehead atoms. The number of hydrogen-bond donors (Lipinski definition) is 0. The van der Waals surface area contributed by atoms with E-state index in [0.29, 0.717) is 0 Å². The van der Waals surface area contributed by atoms with Crippen molar-refractivity contribution in [3.05, 3.63) is 12.4 Å². The molecular formula is C6H5N3S. The maximum absolute atomic E-state index is 4.11. The minimum atomic E-state index is 0.749. The lowest BCUT2D eigenvalue weighted by molar-refractivity contribution is 1.04. The summed E-state index contributed by atoms with van der Waals surface area (Å²) in [6, 6.07) is 0. The highest BCUT2D eigenvalue weighted by Gasteiger charge is 2.05. The van der Waals surface area contributed by atoms with E-state index in [-0.39, 0.29) is 0 Å². The Bertz CT molecular complexity index is 271. The van der Waals surface area contributed by atoms with Gasteiger partial charge in [0, 0.05) is 24.4 Å². The fourth-order valence-corrected chi connectivity index (χ4v) is 1.43. The Labute approximate surface area is 62.6 Å². The standard InChI is InChI=1S/C6H5N3S/c1-2-9-6-5(7-1)8-3-4-10-6/h1-3H,4H2. The molecule has 0 fully saturated rings. The third-order valence-corrected chi connectivity index (χ3v) is 2.03. The Morgan fingerprint density at radius 3 is 3.10 bits per heavy atom. The predicted molar refractivity (Wildman–Crippen MR) is 40.9 cm³/mol. The van der Waals surface area contributed by atoms with Crippen LogP contribution in [0.2, 0.25) is 0 Å². The monoisotopic (exact) mass is 151 g/mol. The van der Waals surface area contributed by atoms with Crippen molar-refractivity contribution in [2.45, 2.75) is 5.03 Å². The fourth-order valence-electron chi connectivity index (χ4n) is 0.748. The molecular weight excluding hydrogens is 146 g/mol. The van der Waals surface area contributed by atoms with E-state index in [0.717, 1.165) is 16.6 Å². The van der Waals surface area contributed by atoms with Gasteiger partial charge in [-0.15, -0.1) is 0 Å². The molecule has 3 nitrogen and oxygen atoms in total. The molecule has 0 N–H and O–H groups in total. The smallest absolute Gasteiger partial charge is 0.184 e. The van der Waals surface area contributed by atoms with E-state index in [1.165, 1.54) is 0 Å². The van der Waals surface area contributed by atoms with Gasteiger partial charge in [-0.3, -0.25) is 0 Å². The van der Waals surface area contributed by atoms with Crippen LogP contribution in [0.5, 0.6) is 0 Å². The second-order valence-corrected chi connectivity index (χ2v) is 2.82. The molecule has 1 aromatic rings. The lowest BCUT2D eigenvalue weighted by atomic mass is 10.6. The van der Waals surface area contributed by atoms with Crippen LogP contribution in [0, 0.1) is 0 Å². The van der Waals surface area contributed by atoms with Gasteiger partial charge in [0.2, 0.25) is 0 Å². The van der Waals surface area contributed by atoms with Crippen LogP contribution in [0.4, 0.5) is 5.82 Å².